The summed E-state index contributed by atoms with van der Waals surface area (Å²) in [5, 5.41) is 1.77. The molecule has 0 N–H and O–H groups in total. The van der Waals surface area contributed by atoms with Gasteiger partial charge in [0.2, 0.25) is 0 Å². The van der Waals surface area contributed by atoms with Gasteiger partial charge in [0.1, 0.15) is 11.6 Å². The number of fused-ring (bicyclic) bond motifs is 1. The van der Waals surface area contributed by atoms with Crippen LogP contribution in [-0.2, 0) is 0 Å². The van der Waals surface area contributed by atoms with Gasteiger partial charge < -0.3 is 4.74 Å². The minimum Gasteiger partial charge on any atom is -0.496 e. The number of hydrogen-bond donors (Lipinski definition) is 0. The van der Waals surface area contributed by atoms with E-state index in [1.165, 1.54) is 23.8 Å². The summed E-state index contributed by atoms with van der Waals surface area (Å²) in [6.07, 6.45) is 0.720. The van der Waals surface area contributed by atoms with E-state index in [4.69, 9.17) is 4.74 Å². The molecule has 1 aromatic carbocycles. The molecular weight excluding hydrogens is 203 g/mol. The van der Waals surface area contributed by atoms with Crippen molar-refractivity contribution in [2.24, 2.45) is 0 Å². The summed E-state index contributed by atoms with van der Waals surface area (Å²) < 4.78 is 19.0. The van der Waals surface area contributed by atoms with Crippen LogP contribution in [0, 0.1) is 5.82 Å². The van der Waals surface area contributed by atoms with Crippen molar-refractivity contribution in [2.45, 2.75) is 0 Å². The van der Waals surface area contributed by atoms with E-state index < -0.39 is 0 Å². The third kappa shape index (κ3) is 1.19. The first-order chi connectivity index (χ1) is 6.77. The quantitative estimate of drug-likeness (QED) is 0.712. The zero-order valence-electron chi connectivity index (χ0n) is 7.41. The lowest BCUT2D eigenvalue weighted by atomic mass is 10.1. The molecule has 14 heavy (non-hydrogen) atoms. The lowest BCUT2D eigenvalue weighted by molar-refractivity contribution is 0.112. The maximum Gasteiger partial charge on any atom is 0.151 e. The minimum atomic E-state index is -0.342. The summed E-state index contributed by atoms with van der Waals surface area (Å²) in [4.78, 5) is 10.7. The lowest BCUT2D eigenvalue weighted by Gasteiger charge is -2.02. The minimum absolute atomic E-state index is 0.342. The van der Waals surface area contributed by atoms with Crippen LogP contribution in [0.2, 0.25) is 0 Å². The molecule has 0 spiro atoms. The molecule has 1 heterocycles. The molecule has 1 aromatic heterocycles. The molecule has 0 unspecified atom stereocenters. The molecule has 2 aromatic rings. The topological polar surface area (TPSA) is 26.3 Å². The summed E-state index contributed by atoms with van der Waals surface area (Å²) in [5.41, 5.74) is 0.495. The molecular formula is C10H7FO2S. The Balaban J connectivity index is 2.87. The van der Waals surface area contributed by atoms with Crippen LogP contribution in [0.4, 0.5) is 4.39 Å². The molecule has 72 valence electrons. The first-order valence-corrected chi connectivity index (χ1v) is 4.84. The highest BCUT2D eigenvalue weighted by Gasteiger charge is 2.12. The van der Waals surface area contributed by atoms with E-state index in [1.807, 2.05) is 0 Å². The van der Waals surface area contributed by atoms with Crippen molar-refractivity contribution in [3.05, 3.63) is 28.9 Å². The van der Waals surface area contributed by atoms with Crippen molar-refractivity contribution < 1.29 is 13.9 Å². The molecule has 0 radical (unpaired) electrons. The number of halogens is 1. The molecule has 0 aliphatic heterocycles. The Morgan fingerprint density at radius 2 is 2.29 bits per heavy atom. The van der Waals surface area contributed by atoms with Crippen LogP contribution in [0.3, 0.4) is 0 Å². The summed E-state index contributed by atoms with van der Waals surface area (Å²) in [5.74, 6) is 0.120. The number of hydrogen-bond acceptors (Lipinski definition) is 3. The van der Waals surface area contributed by atoms with Gasteiger partial charge in [-0.15, -0.1) is 11.3 Å². The monoisotopic (exact) mass is 210 g/mol. The SMILES string of the molecule is COc1ccc(C=O)c2scc(F)c12. The molecule has 4 heteroatoms. The predicted molar refractivity (Wildman–Crippen MR) is 53.7 cm³/mol. The fourth-order valence-electron chi connectivity index (χ4n) is 1.37. The molecule has 0 aliphatic rings. The Morgan fingerprint density at radius 3 is 2.93 bits per heavy atom. The zero-order valence-corrected chi connectivity index (χ0v) is 8.23. The first-order valence-electron chi connectivity index (χ1n) is 3.96. The van der Waals surface area contributed by atoms with Gasteiger partial charge in [-0.25, -0.2) is 4.39 Å². The van der Waals surface area contributed by atoms with Gasteiger partial charge in [-0.05, 0) is 12.1 Å². The Hall–Kier alpha value is -1.42. The first kappa shape index (κ1) is 9.15. The third-order valence-electron chi connectivity index (χ3n) is 2.02. The summed E-state index contributed by atoms with van der Waals surface area (Å²) in [7, 11) is 1.48. The second-order valence-electron chi connectivity index (χ2n) is 2.76. The van der Waals surface area contributed by atoms with Crippen LogP contribution >= 0.6 is 11.3 Å². The largest absolute Gasteiger partial charge is 0.496 e. The van der Waals surface area contributed by atoms with Crippen molar-refractivity contribution in [2.75, 3.05) is 7.11 Å². The Labute approximate surface area is 83.9 Å². The molecule has 0 aliphatic carbocycles. The van der Waals surface area contributed by atoms with E-state index in [0.29, 0.717) is 21.4 Å². The van der Waals surface area contributed by atoms with Crippen LogP contribution in [0.1, 0.15) is 10.4 Å². The van der Waals surface area contributed by atoms with Crippen LogP contribution in [0.25, 0.3) is 10.1 Å². The van der Waals surface area contributed by atoms with Crippen molar-refractivity contribution in [3.63, 3.8) is 0 Å². The number of ether oxygens (including phenoxy) is 1. The molecule has 2 nitrogen and oxygen atoms in total. The Kier molecular flexibility index (Phi) is 2.21. The van der Waals surface area contributed by atoms with Gasteiger partial charge in [-0.3, -0.25) is 4.79 Å². The second kappa shape index (κ2) is 3.38. The van der Waals surface area contributed by atoms with Crippen molar-refractivity contribution in [1.29, 1.82) is 0 Å². The molecule has 0 amide bonds. The average Bonchev–Trinajstić information content (AvgIpc) is 2.60. The fourth-order valence-corrected chi connectivity index (χ4v) is 2.27. The van der Waals surface area contributed by atoms with Gasteiger partial charge in [-0.2, -0.15) is 0 Å². The molecule has 0 fully saturated rings. The van der Waals surface area contributed by atoms with Crippen molar-refractivity contribution in [3.8, 4) is 5.75 Å². The molecule has 0 saturated heterocycles. The second-order valence-corrected chi connectivity index (χ2v) is 3.64. The molecule has 0 bridgehead atoms. The van der Waals surface area contributed by atoms with Crippen LogP contribution in [0.5, 0.6) is 5.75 Å². The number of thiophene rings is 1. The summed E-state index contributed by atoms with van der Waals surface area (Å²) in [6, 6.07) is 3.23. The van der Waals surface area contributed by atoms with Gasteiger partial charge in [0, 0.05) is 10.9 Å². The Morgan fingerprint density at radius 1 is 1.50 bits per heavy atom. The van der Waals surface area contributed by atoms with E-state index in [2.05, 4.69) is 0 Å². The van der Waals surface area contributed by atoms with Gasteiger partial charge in [0.05, 0.1) is 17.2 Å². The number of methoxy groups -OCH3 is 1. The molecule has 2 rings (SSSR count). The van der Waals surface area contributed by atoms with Crippen molar-refractivity contribution >= 4 is 27.7 Å². The normalized spacial score (nSPS) is 10.4. The number of benzene rings is 1. The summed E-state index contributed by atoms with van der Waals surface area (Å²) >= 11 is 1.21. The third-order valence-corrected chi connectivity index (χ3v) is 3.02. The average molecular weight is 210 g/mol. The van der Waals surface area contributed by atoms with Gasteiger partial charge in [-0.1, -0.05) is 0 Å². The van der Waals surface area contributed by atoms with E-state index in [0.717, 1.165) is 6.29 Å². The van der Waals surface area contributed by atoms with E-state index in [-0.39, 0.29) is 5.82 Å². The van der Waals surface area contributed by atoms with Gasteiger partial charge in [0.25, 0.3) is 0 Å². The zero-order chi connectivity index (χ0) is 10.1. The highest BCUT2D eigenvalue weighted by molar-refractivity contribution is 7.17. The van der Waals surface area contributed by atoms with Crippen LogP contribution in [0.15, 0.2) is 17.5 Å². The maximum atomic E-state index is 13.3. The predicted octanol–water partition coefficient (Wildman–Crippen LogP) is 2.86. The number of carbonyl (C=O) groups is 1. The van der Waals surface area contributed by atoms with E-state index in [1.54, 1.807) is 12.1 Å². The standard InChI is InChI=1S/C10H7FO2S/c1-13-8-3-2-6(4-12)10-9(8)7(11)5-14-10/h2-5H,1H3. The van der Waals surface area contributed by atoms with E-state index in [9.17, 15) is 9.18 Å². The van der Waals surface area contributed by atoms with Crippen LogP contribution in [-0.4, -0.2) is 13.4 Å². The number of rotatable bonds is 2. The van der Waals surface area contributed by atoms with Gasteiger partial charge in [0.15, 0.2) is 6.29 Å². The van der Waals surface area contributed by atoms with Crippen molar-refractivity contribution in [1.82, 2.24) is 0 Å². The smallest absolute Gasteiger partial charge is 0.151 e. The highest BCUT2D eigenvalue weighted by Crippen LogP contribution is 2.34. The lowest BCUT2D eigenvalue weighted by Crippen LogP contribution is -1.87. The summed E-state index contributed by atoms with van der Waals surface area (Å²) in [6.45, 7) is 0. The number of carbonyl (C=O) groups excluding carboxylic acids is 1. The van der Waals surface area contributed by atoms with Gasteiger partial charge >= 0.3 is 0 Å². The fraction of sp³-hybridized carbons (Fsp3) is 0.100. The van der Waals surface area contributed by atoms with Crippen LogP contribution < -0.4 is 4.74 Å². The molecule has 0 saturated carbocycles. The van der Waals surface area contributed by atoms with E-state index >= 15 is 0 Å². The molecule has 0 atom stereocenters. The maximum absolute atomic E-state index is 13.3. The number of aldehydes is 1. The Bertz CT molecular complexity index is 490. The highest BCUT2D eigenvalue weighted by atomic mass is 32.1.